The predicted molar refractivity (Wildman–Crippen MR) is 126 cm³/mol. The molecule has 192 valence electrons. The van der Waals surface area contributed by atoms with Crippen molar-refractivity contribution in [1.82, 2.24) is 19.8 Å². The predicted octanol–water partition coefficient (Wildman–Crippen LogP) is 1.05. The summed E-state index contributed by atoms with van der Waals surface area (Å²) < 4.78 is 21.2. The molecule has 4 rings (SSSR count). The number of carbonyl (C=O) groups is 3. The van der Waals surface area contributed by atoms with Crippen LogP contribution in [0.3, 0.4) is 0 Å². The van der Waals surface area contributed by atoms with Gasteiger partial charge < -0.3 is 23.8 Å². The number of hydrogen-bond acceptors (Lipinski definition) is 11. The van der Waals surface area contributed by atoms with Crippen molar-refractivity contribution in [2.75, 3.05) is 55.6 Å². The Bertz CT molecular complexity index is 1100. The van der Waals surface area contributed by atoms with E-state index >= 15 is 0 Å². The fourth-order valence-electron chi connectivity index (χ4n) is 5.95. The highest BCUT2D eigenvalue weighted by atomic mass is 16.5. The number of fused-ring (bicyclic) bond motifs is 2. The summed E-state index contributed by atoms with van der Waals surface area (Å²) in [5, 5.41) is 0. The number of ketones is 1. The average molecular weight is 499 g/mol. The van der Waals surface area contributed by atoms with Crippen molar-refractivity contribution >= 4 is 17.7 Å². The zero-order valence-corrected chi connectivity index (χ0v) is 21.2. The first kappa shape index (κ1) is 25.5. The minimum atomic E-state index is -1.78. The molecule has 0 amide bonds. The Balaban J connectivity index is 2.08. The molecule has 2 unspecified atom stereocenters. The molecule has 0 N–H and O–H groups in total. The molecule has 11 nitrogen and oxygen atoms in total. The van der Waals surface area contributed by atoms with E-state index in [0.29, 0.717) is 22.9 Å². The molecule has 0 aromatic carbocycles. The number of hydrogen-bond donors (Lipinski definition) is 0. The highest BCUT2D eigenvalue weighted by Crippen LogP contribution is 2.60. The zero-order valence-electron chi connectivity index (χ0n) is 21.2. The second-order valence-electron chi connectivity index (χ2n) is 9.14. The van der Waals surface area contributed by atoms with E-state index in [9.17, 15) is 14.4 Å². The van der Waals surface area contributed by atoms with Crippen LogP contribution in [0.4, 0.5) is 0 Å². The number of carbonyl (C=O) groups excluding carboxylic acids is 3. The van der Waals surface area contributed by atoms with Crippen molar-refractivity contribution < 1.29 is 33.3 Å². The molecule has 36 heavy (non-hydrogen) atoms. The molecule has 2 bridgehead atoms. The van der Waals surface area contributed by atoms with Crippen molar-refractivity contribution in [1.29, 1.82) is 0 Å². The van der Waals surface area contributed by atoms with Crippen molar-refractivity contribution in [3.63, 3.8) is 0 Å². The minimum absolute atomic E-state index is 0.0173. The summed E-state index contributed by atoms with van der Waals surface area (Å²) >= 11 is 0. The van der Waals surface area contributed by atoms with Gasteiger partial charge in [0.05, 0.1) is 51.9 Å². The molecule has 0 saturated carbocycles. The van der Waals surface area contributed by atoms with Gasteiger partial charge in [-0.1, -0.05) is 0 Å². The maximum Gasteiger partial charge on any atom is 0.322 e. The third-order valence-corrected chi connectivity index (χ3v) is 7.23. The van der Waals surface area contributed by atoms with Crippen LogP contribution in [0.5, 0.6) is 11.5 Å². The summed E-state index contributed by atoms with van der Waals surface area (Å²) in [5.74, 6) is -1.09. The Morgan fingerprint density at radius 2 is 1.25 bits per heavy atom. The van der Waals surface area contributed by atoms with Gasteiger partial charge in [-0.2, -0.15) is 0 Å². The van der Waals surface area contributed by atoms with E-state index in [0.717, 1.165) is 0 Å². The van der Waals surface area contributed by atoms with Crippen LogP contribution in [0.2, 0.25) is 0 Å². The average Bonchev–Trinajstić information content (AvgIpc) is 2.89. The molecule has 2 aliphatic rings. The largest absolute Gasteiger partial charge is 0.497 e. The molecule has 0 spiro atoms. The van der Waals surface area contributed by atoms with Crippen molar-refractivity contribution in [2.24, 2.45) is 10.8 Å². The first-order valence-corrected chi connectivity index (χ1v) is 11.3. The number of esters is 2. The Morgan fingerprint density at radius 1 is 0.833 bits per heavy atom. The molecular formula is C25H30N4O7. The number of Topliss-reactive ketones (excluding diaryl/α,β-unsaturated/α-hetero) is 1. The molecule has 0 aliphatic carbocycles. The molecular weight excluding hydrogens is 468 g/mol. The van der Waals surface area contributed by atoms with Crippen molar-refractivity contribution in [2.45, 2.75) is 12.1 Å². The Morgan fingerprint density at radius 3 is 1.61 bits per heavy atom. The van der Waals surface area contributed by atoms with E-state index < -0.39 is 40.6 Å². The first-order chi connectivity index (χ1) is 17.2. The molecule has 0 radical (unpaired) electrons. The zero-order chi connectivity index (χ0) is 26.3. The summed E-state index contributed by atoms with van der Waals surface area (Å²) in [6.07, 6.45) is 3.09. The molecule has 2 aromatic rings. The third-order valence-electron chi connectivity index (χ3n) is 7.23. The quantitative estimate of drug-likeness (QED) is 0.420. The number of nitrogens with zero attached hydrogens (tertiary/aromatic N) is 4. The van der Waals surface area contributed by atoms with E-state index in [4.69, 9.17) is 18.9 Å². The van der Waals surface area contributed by atoms with Crippen molar-refractivity contribution in [3.8, 4) is 11.5 Å². The van der Waals surface area contributed by atoms with E-state index in [1.165, 1.54) is 28.4 Å². The van der Waals surface area contributed by atoms with Crippen LogP contribution in [0, 0.1) is 10.8 Å². The smallest absolute Gasteiger partial charge is 0.322 e. The van der Waals surface area contributed by atoms with Gasteiger partial charge >= 0.3 is 11.9 Å². The monoisotopic (exact) mass is 498 g/mol. The van der Waals surface area contributed by atoms with Crippen LogP contribution in [0.25, 0.3) is 0 Å². The van der Waals surface area contributed by atoms with Gasteiger partial charge in [0, 0.05) is 37.6 Å². The van der Waals surface area contributed by atoms with Gasteiger partial charge in [-0.15, -0.1) is 0 Å². The van der Waals surface area contributed by atoms with Crippen molar-refractivity contribution in [3.05, 3.63) is 48.0 Å². The second-order valence-corrected chi connectivity index (χ2v) is 9.14. The van der Waals surface area contributed by atoms with Gasteiger partial charge in [0.2, 0.25) is 0 Å². The van der Waals surface area contributed by atoms with Gasteiger partial charge in [0.25, 0.3) is 0 Å². The summed E-state index contributed by atoms with van der Waals surface area (Å²) in [7, 11) is 8.98. The number of rotatable bonds is 6. The standard InChI is InChI=1S/C25H30N4O7/c1-28-13-24(22(31)35-5)19(17-11-15(33-3)7-9-26-17)29(2)20(18-12-16(34-4)8-10-27-18)25(14-28,21(24)30)23(32)36-6/h7-12,19-20H,13-14H2,1-6H3/t19-,20+,24?,25?. The number of pyridine rings is 2. The number of methoxy groups -OCH3 is 4. The molecule has 11 heteroatoms. The van der Waals surface area contributed by atoms with Crippen LogP contribution >= 0.6 is 0 Å². The molecule has 4 atom stereocenters. The van der Waals surface area contributed by atoms with Gasteiger partial charge in [0.15, 0.2) is 16.6 Å². The summed E-state index contributed by atoms with van der Waals surface area (Å²) in [5.41, 5.74) is -2.73. The Hall–Kier alpha value is -3.57. The fraction of sp³-hybridized carbons (Fsp3) is 0.480. The number of ether oxygens (including phenoxy) is 4. The van der Waals surface area contributed by atoms with E-state index in [1.807, 2.05) is 0 Å². The maximum absolute atomic E-state index is 14.6. The van der Waals surface area contributed by atoms with Crippen LogP contribution in [0.15, 0.2) is 36.7 Å². The molecule has 2 saturated heterocycles. The maximum atomic E-state index is 14.6. The van der Waals surface area contributed by atoms with E-state index in [-0.39, 0.29) is 13.1 Å². The van der Waals surface area contributed by atoms with E-state index in [2.05, 4.69) is 9.97 Å². The SMILES string of the molecule is COC(=O)C12CN(C)CC(C(=O)OC)(C1=O)[C@@H](c1cc(OC)ccn1)N(C)[C@H]2c1cc(OC)ccn1. The lowest BCUT2D eigenvalue weighted by Crippen LogP contribution is -2.75. The molecule has 2 aromatic heterocycles. The lowest BCUT2D eigenvalue weighted by atomic mass is 9.54. The Labute approximate surface area is 209 Å². The van der Waals surface area contributed by atoms with E-state index in [1.54, 1.807) is 60.6 Å². The van der Waals surface area contributed by atoms with Crippen LogP contribution in [-0.2, 0) is 23.9 Å². The van der Waals surface area contributed by atoms with Crippen LogP contribution in [0.1, 0.15) is 23.5 Å². The number of likely N-dealkylation sites (tertiary alicyclic amines) is 2. The molecule has 2 fully saturated rings. The van der Waals surface area contributed by atoms with Gasteiger partial charge in [0.1, 0.15) is 11.5 Å². The fourth-order valence-corrected chi connectivity index (χ4v) is 5.95. The van der Waals surface area contributed by atoms with Crippen LogP contribution < -0.4 is 9.47 Å². The summed E-state index contributed by atoms with van der Waals surface area (Å²) in [6, 6.07) is 4.87. The van der Waals surface area contributed by atoms with Gasteiger partial charge in [-0.25, -0.2) is 0 Å². The molecule has 4 heterocycles. The third kappa shape index (κ3) is 3.53. The lowest BCUT2D eigenvalue weighted by Gasteiger charge is -2.60. The topological polar surface area (TPSA) is 120 Å². The normalized spacial score (nSPS) is 28.3. The second kappa shape index (κ2) is 9.47. The first-order valence-electron chi connectivity index (χ1n) is 11.3. The molecule has 2 aliphatic heterocycles. The minimum Gasteiger partial charge on any atom is -0.497 e. The van der Waals surface area contributed by atoms with Gasteiger partial charge in [-0.05, 0) is 26.2 Å². The van der Waals surface area contributed by atoms with Gasteiger partial charge in [-0.3, -0.25) is 29.3 Å². The highest BCUT2D eigenvalue weighted by Gasteiger charge is 2.75. The Kier molecular flexibility index (Phi) is 6.72. The van der Waals surface area contributed by atoms with Crippen LogP contribution in [-0.4, -0.2) is 93.1 Å². The summed E-state index contributed by atoms with van der Waals surface area (Å²) in [4.78, 5) is 54.4. The number of piperidine rings is 2. The summed E-state index contributed by atoms with van der Waals surface area (Å²) in [6.45, 7) is 0.0345. The number of aromatic nitrogens is 2. The lowest BCUT2D eigenvalue weighted by molar-refractivity contribution is -0.202. The highest BCUT2D eigenvalue weighted by molar-refractivity contribution is 6.17.